The second-order valence-corrected chi connectivity index (χ2v) is 7.72. The number of carbonyl (C=O) groups is 1. The first-order valence-corrected chi connectivity index (χ1v) is 10.2. The Balaban J connectivity index is 1.94. The van der Waals surface area contributed by atoms with Gasteiger partial charge in [-0.2, -0.15) is 0 Å². The first-order chi connectivity index (χ1) is 13.2. The van der Waals surface area contributed by atoms with Gasteiger partial charge in [-0.05, 0) is 48.4 Å². The maximum Gasteiger partial charge on any atom is 0.335 e. The van der Waals surface area contributed by atoms with Crippen molar-refractivity contribution in [2.24, 2.45) is 0 Å². The maximum absolute atomic E-state index is 11.4. The van der Waals surface area contributed by atoms with E-state index in [4.69, 9.17) is 0 Å². The van der Waals surface area contributed by atoms with Crippen molar-refractivity contribution in [2.45, 2.75) is 57.8 Å². The average Bonchev–Trinajstić information content (AvgIpc) is 3.07. The first kappa shape index (κ1) is 17.8. The highest BCUT2D eigenvalue weighted by Gasteiger charge is 2.24. The summed E-state index contributed by atoms with van der Waals surface area (Å²) in [6.45, 7) is 2.21. The number of rotatable bonds is 5. The van der Waals surface area contributed by atoms with Crippen LogP contribution in [-0.4, -0.2) is 16.1 Å². The average molecular weight is 361 g/mol. The smallest absolute Gasteiger partial charge is 0.335 e. The molecule has 1 aromatic heterocycles. The molecule has 0 atom stereocenters. The molecule has 1 fully saturated rings. The lowest BCUT2D eigenvalue weighted by molar-refractivity contribution is 0.0697. The molecule has 1 aliphatic rings. The SMILES string of the molecule is CCCc1ccccc1-c1[nH]c2cc(C(=O)O)ccc2c1C1CCCCC1. The quantitative estimate of drug-likeness (QED) is 0.542. The highest BCUT2D eigenvalue weighted by molar-refractivity contribution is 5.97. The molecule has 1 aliphatic carbocycles. The molecule has 2 N–H and O–H groups in total. The molecule has 4 rings (SSSR count). The summed E-state index contributed by atoms with van der Waals surface area (Å²) in [6.07, 6.45) is 8.48. The Morgan fingerprint density at radius 1 is 1.11 bits per heavy atom. The van der Waals surface area contributed by atoms with E-state index in [-0.39, 0.29) is 0 Å². The predicted molar refractivity (Wildman–Crippen MR) is 111 cm³/mol. The molecule has 0 radical (unpaired) electrons. The van der Waals surface area contributed by atoms with Gasteiger partial charge in [0.1, 0.15) is 0 Å². The molecule has 0 aliphatic heterocycles. The summed E-state index contributed by atoms with van der Waals surface area (Å²) < 4.78 is 0. The molecule has 3 nitrogen and oxygen atoms in total. The number of aromatic carboxylic acids is 1. The number of benzene rings is 2. The van der Waals surface area contributed by atoms with Gasteiger partial charge in [-0.15, -0.1) is 0 Å². The van der Waals surface area contributed by atoms with Gasteiger partial charge in [0.2, 0.25) is 0 Å². The largest absolute Gasteiger partial charge is 0.478 e. The van der Waals surface area contributed by atoms with Crippen molar-refractivity contribution in [1.82, 2.24) is 4.98 Å². The minimum atomic E-state index is -0.876. The lowest BCUT2D eigenvalue weighted by Crippen LogP contribution is -2.06. The van der Waals surface area contributed by atoms with Gasteiger partial charge < -0.3 is 10.1 Å². The number of nitrogens with one attached hydrogen (secondary N) is 1. The Morgan fingerprint density at radius 2 is 1.89 bits per heavy atom. The van der Waals surface area contributed by atoms with Crippen molar-refractivity contribution in [3.63, 3.8) is 0 Å². The van der Waals surface area contributed by atoms with Gasteiger partial charge >= 0.3 is 5.97 Å². The Morgan fingerprint density at radius 3 is 2.63 bits per heavy atom. The van der Waals surface area contributed by atoms with E-state index in [1.807, 2.05) is 6.07 Å². The number of aryl methyl sites for hydroxylation is 1. The van der Waals surface area contributed by atoms with Crippen LogP contribution in [0.2, 0.25) is 0 Å². The van der Waals surface area contributed by atoms with Crippen LogP contribution in [0, 0.1) is 0 Å². The fraction of sp³-hybridized carbons (Fsp3) is 0.375. The van der Waals surface area contributed by atoms with Crippen LogP contribution in [-0.2, 0) is 6.42 Å². The van der Waals surface area contributed by atoms with E-state index in [1.165, 1.54) is 59.9 Å². The summed E-state index contributed by atoms with van der Waals surface area (Å²) in [7, 11) is 0. The van der Waals surface area contributed by atoms with E-state index in [1.54, 1.807) is 12.1 Å². The van der Waals surface area contributed by atoms with Gasteiger partial charge in [-0.25, -0.2) is 4.79 Å². The van der Waals surface area contributed by atoms with E-state index in [9.17, 15) is 9.90 Å². The molecular formula is C24H27NO2. The summed E-state index contributed by atoms with van der Waals surface area (Å²) >= 11 is 0. The summed E-state index contributed by atoms with van der Waals surface area (Å²) in [6, 6.07) is 14.2. The van der Waals surface area contributed by atoms with Crippen LogP contribution in [0.1, 0.15) is 72.9 Å². The third-order valence-corrected chi connectivity index (χ3v) is 5.91. The van der Waals surface area contributed by atoms with Gasteiger partial charge in [-0.1, -0.05) is 62.9 Å². The van der Waals surface area contributed by atoms with Gasteiger partial charge in [0.25, 0.3) is 0 Å². The lowest BCUT2D eigenvalue weighted by Gasteiger charge is -2.23. The monoisotopic (exact) mass is 361 g/mol. The van der Waals surface area contributed by atoms with Gasteiger partial charge in [0.15, 0.2) is 0 Å². The second kappa shape index (κ2) is 7.59. The molecular weight excluding hydrogens is 334 g/mol. The summed E-state index contributed by atoms with van der Waals surface area (Å²) in [5, 5.41) is 10.6. The molecule has 27 heavy (non-hydrogen) atoms. The van der Waals surface area contributed by atoms with Crippen LogP contribution in [0.25, 0.3) is 22.2 Å². The molecule has 3 heteroatoms. The van der Waals surface area contributed by atoms with Crippen LogP contribution >= 0.6 is 0 Å². The van der Waals surface area contributed by atoms with Crippen LogP contribution in [0.5, 0.6) is 0 Å². The molecule has 0 spiro atoms. The van der Waals surface area contributed by atoms with E-state index >= 15 is 0 Å². The molecule has 0 bridgehead atoms. The Hall–Kier alpha value is -2.55. The van der Waals surface area contributed by atoms with E-state index in [0.717, 1.165) is 18.4 Å². The van der Waals surface area contributed by atoms with Gasteiger partial charge in [0, 0.05) is 16.5 Å². The fourth-order valence-corrected chi connectivity index (χ4v) is 4.63. The van der Waals surface area contributed by atoms with E-state index in [2.05, 4.69) is 36.2 Å². The van der Waals surface area contributed by atoms with Crippen LogP contribution in [0.15, 0.2) is 42.5 Å². The Labute approximate surface area is 160 Å². The molecule has 140 valence electrons. The van der Waals surface area contributed by atoms with Gasteiger partial charge in [-0.3, -0.25) is 0 Å². The number of aromatic nitrogens is 1. The van der Waals surface area contributed by atoms with Crippen molar-refractivity contribution in [3.05, 3.63) is 59.2 Å². The highest BCUT2D eigenvalue weighted by Crippen LogP contribution is 2.43. The second-order valence-electron chi connectivity index (χ2n) is 7.72. The van der Waals surface area contributed by atoms with E-state index < -0.39 is 5.97 Å². The Bertz CT molecular complexity index is 964. The van der Waals surface area contributed by atoms with Crippen molar-refractivity contribution in [2.75, 3.05) is 0 Å². The molecule has 1 heterocycles. The highest BCUT2D eigenvalue weighted by atomic mass is 16.4. The number of hydrogen-bond acceptors (Lipinski definition) is 1. The van der Waals surface area contributed by atoms with E-state index in [0.29, 0.717) is 11.5 Å². The fourth-order valence-electron chi connectivity index (χ4n) is 4.63. The number of H-pyrrole nitrogens is 1. The molecule has 1 saturated carbocycles. The topological polar surface area (TPSA) is 53.1 Å². The molecule has 0 saturated heterocycles. The molecule has 0 amide bonds. The Kier molecular flexibility index (Phi) is 5.02. The third-order valence-electron chi connectivity index (χ3n) is 5.91. The van der Waals surface area contributed by atoms with Gasteiger partial charge in [0.05, 0.1) is 11.3 Å². The lowest BCUT2D eigenvalue weighted by atomic mass is 9.81. The molecule has 3 aromatic rings. The summed E-state index contributed by atoms with van der Waals surface area (Å²) in [5.74, 6) is -0.327. The number of carboxylic acid groups (broad SMARTS) is 1. The van der Waals surface area contributed by atoms with Crippen molar-refractivity contribution >= 4 is 16.9 Å². The molecule has 0 unspecified atom stereocenters. The standard InChI is InChI=1S/C24H27NO2/c1-2-8-16-9-6-7-12-19(16)23-22(17-10-4-3-5-11-17)20-14-13-18(24(26)27)15-21(20)25-23/h6-7,9,12-15,17,25H,2-5,8,10-11H2,1H3,(H,26,27). The third kappa shape index (κ3) is 3.39. The molecule has 2 aromatic carbocycles. The van der Waals surface area contributed by atoms with Crippen molar-refractivity contribution in [1.29, 1.82) is 0 Å². The zero-order chi connectivity index (χ0) is 18.8. The zero-order valence-electron chi connectivity index (χ0n) is 15.9. The number of carboxylic acids is 1. The number of fused-ring (bicyclic) bond motifs is 1. The summed E-state index contributed by atoms with van der Waals surface area (Å²) in [5.41, 5.74) is 6.51. The van der Waals surface area contributed by atoms with Crippen molar-refractivity contribution in [3.8, 4) is 11.3 Å². The maximum atomic E-state index is 11.4. The number of hydrogen-bond donors (Lipinski definition) is 2. The normalized spacial score (nSPS) is 15.3. The zero-order valence-corrected chi connectivity index (χ0v) is 15.9. The predicted octanol–water partition coefficient (Wildman–Crippen LogP) is 6.53. The summed E-state index contributed by atoms with van der Waals surface area (Å²) in [4.78, 5) is 15.0. The van der Waals surface area contributed by atoms with Crippen LogP contribution in [0.3, 0.4) is 0 Å². The first-order valence-electron chi connectivity index (χ1n) is 10.2. The van der Waals surface area contributed by atoms with Crippen molar-refractivity contribution < 1.29 is 9.90 Å². The minimum absolute atomic E-state index is 0.340. The number of aromatic amines is 1. The minimum Gasteiger partial charge on any atom is -0.478 e. The van der Waals surface area contributed by atoms with Crippen LogP contribution < -0.4 is 0 Å². The van der Waals surface area contributed by atoms with Crippen LogP contribution in [0.4, 0.5) is 0 Å².